The van der Waals surface area contributed by atoms with Crippen LogP contribution in [0.25, 0.3) is 10.9 Å². The summed E-state index contributed by atoms with van der Waals surface area (Å²) < 4.78 is 84.3. The maximum atomic E-state index is 13.7. The summed E-state index contributed by atoms with van der Waals surface area (Å²) in [6, 6.07) is 14.9. The van der Waals surface area contributed by atoms with Gasteiger partial charge in [-0.2, -0.15) is 17.5 Å². The van der Waals surface area contributed by atoms with Crippen molar-refractivity contribution in [3.8, 4) is 17.2 Å². The minimum atomic E-state index is -4.73. The first-order chi connectivity index (χ1) is 18.0. The van der Waals surface area contributed by atoms with Crippen LogP contribution in [0.1, 0.15) is 16.7 Å². The largest absolute Gasteiger partial charge is 0.497 e. The van der Waals surface area contributed by atoms with Crippen LogP contribution in [0, 0.1) is 0 Å². The molecule has 1 aromatic heterocycles. The van der Waals surface area contributed by atoms with E-state index in [2.05, 4.69) is 4.98 Å². The van der Waals surface area contributed by atoms with Crippen LogP contribution in [-0.2, 0) is 29.3 Å². The average Bonchev–Trinajstić information content (AvgIpc) is 3.36. The highest BCUT2D eigenvalue weighted by molar-refractivity contribution is 7.89. The van der Waals surface area contributed by atoms with Crippen LogP contribution in [0.4, 0.5) is 13.2 Å². The zero-order chi connectivity index (χ0) is 27.1. The molecule has 198 valence electrons. The van der Waals surface area contributed by atoms with Crippen molar-refractivity contribution in [2.75, 3.05) is 13.9 Å². The van der Waals surface area contributed by atoms with Crippen LogP contribution in [0.2, 0.25) is 0 Å². The molecule has 8 nitrogen and oxygen atoms in total. The van der Waals surface area contributed by atoms with Gasteiger partial charge >= 0.3 is 6.18 Å². The van der Waals surface area contributed by atoms with Crippen molar-refractivity contribution in [2.45, 2.75) is 24.2 Å². The molecule has 0 amide bonds. The number of benzene rings is 3. The average molecular weight is 547 g/mol. The molecule has 38 heavy (non-hydrogen) atoms. The Labute approximate surface area is 215 Å². The molecule has 1 aliphatic rings. The van der Waals surface area contributed by atoms with E-state index in [1.165, 1.54) is 13.2 Å². The molecule has 0 aliphatic carbocycles. The van der Waals surface area contributed by atoms with E-state index in [1.54, 1.807) is 36.4 Å². The Balaban J connectivity index is 1.58. The number of nitrogens with one attached hydrogen (secondary N) is 1. The molecule has 0 bridgehead atoms. The Morgan fingerprint density at radius 1 is 0.974 bits per heavy atom. The lowest BCUT2D eigenvalue weighted by Gasteiger charge is -2.23. The Morgan fingerprint density at radius 2 is 1.76 bits per heavy atom. The van der Waals surface area contributed by atoms with E-state index in [4.69, 9.17) is 14.2 Å². The van der Waals surface area contributed by atoms with Crippen molar-refractivity contribution < 1.29 is 35.8 Å². The number of rotatable bonds is 7. The first-order valence-corrected chi connectivity index (χ1v) is 12.7. The number of hydrogen-bond acceptors (Lipinski definition) is 6. The number of alkyl halides is 3. The van der Waals surface area contributed by atoms with Crippen LogP contribution >= 0.6 is 0 Å². The molecule has 5 rings (SSSR count). The second-order valence-corrected chi connectivity index (χ2v) is 10.5. The first kappa shape index (κ1) is 25.6. The van der Waals surface area contributed by atoms with E-state index in [9.17, 15) is 26.4 Å². The summed E-state index contributed by atoms with van der Waals surface area (Å²) in [7, 11) is -3.00. The van der Waals surface area contributed by atoms with Gasteiger partial charge in [-0.15, -0.1) is 0 Å². The second-order valence-electron chi connectivity index (χ2n) is 8.56. The van der Waals surface area contributed by atoms with Crippen molar-refractivity contribution in [3.63, 3.8) is 0 Å². The molecular formula is C26H21F3N2O6S. The van der Waals surface area contributed by atoms with Crippen molar-refractivity contribution in [1.82, 2.24) is 9.29 Å². The van der Waals surface area contributed by atoms with Gasteiger partial charge < -0.3 is 19.2 Å². The second kappa shape index (κ2) is 9.69. The number of methoxy groups -OCH3 is 1. The minimum absolute atomic E-state index is 0.0148. The number of ether oxygens (including phenoxy) is 3. The monoisotopic (exact) mass is 546 g/mol. The third-order valence-corrected chi connectivity index (χ3v) is 7.86. The lowest BCUT2D eigenvalue weighted by atomic mass is 10.1. The molecule has 0 atom stereocenters. The van der Waals surface area contributed by atoms with E-state index < -0.39 is 38.8 Å². The lowest BCUT2D eigenvalue weighted by Crippen LogP contribution is -2.32. The maximum absolute atomic E-state index is 13.7. The summed E-state index contributed by atoms with van der Waals surface area (Å²) in [5, 5.41) is 0.596. The molecule has 0 saturated heterocycles. The van der Waals surface area contributed by atoms with E-state index in [0.29, 0.717) is 39.8 Å². The Morgan fingerprint density at radius 3 is 2.53 bits per heavy atom. The molecule has 3 aromatic carbocycles. The summed E-state index contributed by atoms with van der Waals surface area (Å²) >= 11 is 0. The number of sulfonamides is 1. The van der Waals surface area contributed by atoms with Gasteiger partial charge in [-0.1, -0.05) is 12.1 Å². The zero-order valence-electron chi connectivity index (χ0n) is 19.9. The maximum Gasteiger partial charge on any atom is 0.416 e. The number of pyridine rings is 1. The van der Waals surface area contributed by atoms with Crippen LogP contribution in [0.5, 0.6) is 17.2 Å². The fraction of sp³-hybridized carbons (Fsp3) is 0.192. The Hall–Kier alpha value is -4.03. The van der Waals surface area contributed by atoms with Crippen molar-refractivity contribution in [1.29, 1.82) is 0 Å². The van der Waals surface area contributed by atoms with Crippen molar-refractivity contribution in [2.24, 2.45) is 0 Å². The van der Waals surface area contributed by atoms with Gasteiger partial charge in [0.25, 0.3) is 5.56 Å². The van der Waals surface area contributed by atoms with E-state index in [-0.39, 0.29) is 18.9 Å². The predicted molar refractivity (Wildman–Crippen MR) is 132 cm³/mol. The predicted octanol–water partition coefficient (Wildman–Crippen LogP) is 4.68. The molecule has 0 radical (unpaired) electrons. The molecule has 1 N–H and O–H groups in total. The number of hydrogen-bond donors (Lipinski definition) is 1. The highest BCUT2D eigenvalue weighted by atomic mass is 32.2. The molecule has 0 unspecified atom stereocenters. The molecule has 1 aliphatic heterocycles. The zero-order valence-corrected chi connectivity index (χ0v) is 20.7. The Bertz CT molecular complexity index is 1680. The summed E-state index contributed by atoms with van der Waals surface area (Å²) in [5.74, 6) is 1.43. The molecule has 0 saturated carbocycles. The van der Waals surface area contributed by atoms with Gasteiger partial charge in [-0.3, -0.25) is 4.79 Å². The topological polar surface area (TPSA) is 97.9 Å². The number of aromatic amines is 1. The van der Waals surface area contributed by atoms with Crippen molar-refractivity contribution in [3.05, 3.63) is 93.8 Å². The SMILES string of the molecule is COc1ccc2[nH]c(=O)c(CN(Cc3ccc4c(c3)OCO4)S(=O)(=O)c3cccc(C(F)(F)F)c3)cc2c1. The number of aromatic nitrogens is 1. The van der Waals surface area contributed by atoms with Gasteiger partial charge in [0, 0.05) is 29.6 Å². The standard InChI is InChI=1S/C26H21F3N2O6S/c1-35-20-6-7-22-17(11-20)10-18(25(32)30-22)14-31(13-16-5-8-23-24(9-16)37-15-36-23)38(33,34)21-4-2-3-19(12-21)26(27,28)29/h2-12H,13-15H2,1H3,(H,30,32). The van der Waals surface area contributed by atoms with Crippen LogP contribution in [0.15, 0.2) is 76.4 Å². The number of fused-ring (bicyclic) bond motifs is 2. The summed E-state index contributed by atoms with van der Waals surface area (Å²) in [6.07, 6.45) is -4.73. The van der Waals surface area contributed by atoms with Crippen LogP contribution < -0.4 is 19.8 Å². The van der Waals surface area contributed by atoms with Gasteiger partial charge in [-0.05, 0) is 60.2 Å². The highest BCUT2D eigenvalue weighted by Crippen LogP contribution is 2.35. The molecular weight excluding hydrogens is 525 g/mol. The van der Waals surface area contributed by atoms with Crippen LogP contribution in [-0.4, -0.2) is 31.6 Å². The third-order valence-electron chi connectivity index (χ3n) is 6.07. The number of nitrogens with zero attached hydrogens (tertiary/aromatic N) is 1. The van der Waals surface area contributed by atoms with E-state index in [0.717, 1.165) is 22.5 Å². The van der Waals surface area contributed by atoms with Crippen molar-refractivity contribution >= 4 is 20.9 Å². The number of halogens is 3. The third kappa shape index (κ3) is 5.04. The molecule has 12 heteroatoms. The van der Waals surface area contributed by atoms with Gasteiger partial charge in [0.1, 0.15) is 5.75 Å². The fourth-order valence-corrected chi connectivity index (χ4v) is 5.57. The van der Waals surface area contributed by atoms with Gasteiger partial charge in [-0.25, -0.2) is 8.42 Å². The smallest absolute Gasteiger partial charge is 0.416 e. The Kier molecular flexibility index (Phi) is 6.53. The number of H-pyrrole nitrogens is 1. The lowest BCUT2D eigenvalue weighted by molar-refractivity contribution is -0.137. The van der Waals surface area contributed by atoms with Gasteiger partial charge in [0.05, 0.1) is 17.6 Å². The first-order valence-electron chi connectivity index (χ1n) is 11.3. The summed E-state index contributed by atoms with van der Waals surface area (Å²) in [5.41, 5.74) is -0.525. The van der Waals surface area contributed by atoms with Crippen LogP contribution in [0.3, 0.4) is 0 Å². The summed E-state index contributed by atoms with van der Waals surface area (Å²) in [4.78, 5) is 15.1. The molecule has 2 heterocycles. The van der Waals surface area contributed by atoms with E-state index in [1.807, 2.05) is 0 Å². The van der Waals surface area contributed by atoms with E-state index >= 15 is 0 Å². The normalized spacial score (nSPS) is 13.3. The van der Waals surface area contributed by atoms with Gasteiger partial charge in [0.15, 0.2) is 11.5 Å². The molecule has 4 aromatic rings. The fourth-order valence-electron chi connectivity index (χ4n) is 4.12. The molecule has 0 fully saturated rings. The minimum Gasteiger partial charge on any atom is -0.497 e. The van der Waals surface area contributed by atoms with Gasteiger partial charge in [0.2, 0.25) is 16.8 Å². The highest BCUT2D eigenvalue weighted by Gasteiger charge is 2.33. The summed E-state index contributed by atoms with van der Waals surface area (Å²) in [6.45, 7) is -0.638. The molecule has 0 spiro atoms. The quantitative estimate of drug-likeness (QED) is 0.362.